The summed E-state index contributed by atoms with van der Waals surface area (Å²) in [5.74, 6) is 0. The number of anilines is 1. The minimum Gasteiger partial charge on any atom is -0.443 e. The Kier molecular flexibility index (Phi) is 5.78. The maximum Gasteiger partial charge on any atom is 0.434 e. The molecule has 2 rings (SSSR count). The number of carbonyl (C=O) groups excluding carboxylic acids is 2. The summed E-state index contributed by atoms with van der Waals surface area (Å²) in [5.41, 5.74) is 1.99. The Morgan fingerprint density at radius 2 is 1.63 bits per heavy atom. The predicted molar refractivity (Wildman–Crippen MR) is 102 cm³/mol. The number of para-hydroxylation sites is 2. The molecule has 0 bridgehead atoms. The second-order valence-corrected chi connectivity index (χ2v) is 7.87. The highest BCUT2D eigenvalue weighted by Crippen LogP contribution is 2.24. The number of hydrogen-bond acceptors (Lipinski definition) is 5. The lowest BCUT2D eigenvalue weighted by molar-refractivity contribution is 0.0425. The van der Waals surface area contributed by atoms with Crippen molar-refractivity contribution >= 4 is 17.9 Å². The van der Waals surface area contributed by atoms with Crippen molar-refractivity contribution in [3.05, 3.63) is 42.7 Å². The Morgan fingerprint density at radius 1 is 1.00 bits per heavy atom. The molecule has 0 atom stereocenters. The van der Waals surface area contributed by atoms with E-state index in [1.54, 1.807) is 88.9 Å². The van der Waals surface area contributed by atoms with E-state index >= 15 is 0 Å². The molecule has 1 N–H and O–H groups in total. The minimum absolute atomic E-state index is 0.390. The van der Waals surface area contributed by atoms with Crippen LogP contribution < -0.4 is 10.4 Å². The number of nitrogens with one attached hydrogen (secondary N) is 1. The number of carbonyl (C=O) groups is 2. The topological polar surface area (TPSA) is 85.7 Å². The fourth-order valence-electron chi connectivity index (χ4n) is 2.16. The minimum atomic E-state index is -0.774. The van der Waals surface area contributed by atoms with Crippen molar-refractivity contribution in [2.45, 2.75) is 52.7 Å². The zero-order valence-corrected chi connectivity index (χ0v) is 16.5. The number of hydrazine groups is 1. The molecule has 27 heavy (non-hydrogen) atoms. The zero-order valence-electron chi connectivity index (χ0n) is 16.5. The van der Waals surface area contributed by atoms with Crippen LogP contribution in [0.5, 0.6) is 0 Å². The highest BCUT2D eigenvalue weighted by Gasteiger charge is 2.29. The average Bonchev–Trinajstić information content (AvgIpc) is 3.03. The summed E-state index contributed by atoms with van der Waals surface area (Å²) in [6, 6.07) is 8.77. The van der Waals surface area contributed by atoms with Gasteiger partial charge in [0.2, 0.25) is 0 Å². The fourth-order valence-corrected chi connectivity index (χ4v) is 2.16. The van der Waals surface area contributed by atoms with Gasteiger partial charge in [-0.05, 0) is 59.7 Å². The largest absolute Gasteiger partial charge is 0.443 e. The molecule has 8 heteroatoms. The van der Waals surface area contributed by atoms with Gasteiger partial charge in [0.25, 0.3) is 0 Å². The van der Waals surface area contributed by atoms with Crippen LogP contribution in [0.3, 0.4) is 0 Å². The first kappa shape index (κ1) is 20.3. The molecule has 2 aromatic rings. The van der Waals surface area contributed by atoms with Gasteiger partial charge in [0.05, 0.1) is 11.4 Å². The lowest BCUT2D eigenvalue weighted by Gasteiger charge is -2.29. The standard InChI is InChI=1S/C19H26N4O4/c1-18(2,3)26-16(24)21-23(17(25)27-19(4,5)6)15-11-8-7-10-14(15)22-13-9-12-20-22/h7-13H,1-6H3,(H,21,24). The monoisotopic (exact) mass is 374 g/mol. The van der Waals surface area contributed by atoms with Gasteiger partial charge in [0.15, 0.2) is 0 Å². The fraction of sp³-hybridized carbons (Fsp3) is 0.421. The summed E-state index contributed by atoms with van der Waals surface area (Å²) in [6.45, 7) is 10.5. The SMILES string of the molecule is CC(C)(C)OC(=O)NN(C(=O)OC(C)(C)C)c1ccccc1-n1cccn1. The number of aromatic nitrogens is 2. The van der Waals surface area contributed by atoms with Gasteiger partial charge in [0.1, 0.15) is 11.2 Å². The third kappa shape index (κ3) is 6.02. The molecule has 1 aromatic carbocycles. The molecule has 0 radical (unpaired) electrons. The number of benzene rings is 1. The quantitative estimate of drug-likeness (QED) is 0.802. The smallest absolute Gasteiger partial charge is 0.434 e. The van der Waals surface area contributed by atoms with Crippen LogP contribution in [-0.4, -0.2) is 33.2 Å². The lowest BCUT2D eigenvalue weighted by atomic mass is 10.2. The maximum absolute atomic E-state index is 12.8. The molecule has 1 aromatic heterocycles. The van der Waals surface area contributed by atoms with Crippen LogP contribution in [0, 0.1) is 0 Å². The number of nitrogens with zero attached hydrogens (tertiary/aromatic N) is 3. The van der Waals surface area contributed by atoms with E-state index in [-0.39, 0.29) is 0 Å². The molecule has 0 unspecified atom stereocenters. The van der Waals surface area contributed by atoms with Gasteiger partial charge < -0.3 is 9.47 Å². The molecule has 0 saturated carbocycles. The molecule has 0 fully saturated rings. The molecule has 0 aliphatic heterocycles. The molecular weight excluding hydrogens is 348 g/mol. The van der Waals surface area contributed by atoms with Crippen LogP contribution in [0.4, 0.5) is 15.3 Å². The Hall–Kier alpha value is -3.03. The third-order valence-electron chi connectivity index (χ3n) is 3.05. The Labute approximate surface area is 159 Å². The molecule has 2 amide bonds. The highest BCUT2D eigenvalue weighted by molar-refractivity contribution is 5.93. The number of ether oxygens (including phenoxy) is 2. The number of hydrogen-bond donors (Lipinski definition) is 1. The summed E-state index contributed by atoms with van der Waals surface area (Å²) in [5, 5.41) is 5.22. The maximum atomic E-state index is 12.8. The number of amides is 2. The molecule has 0 saturated heterocycles. The molecule has 0 aliphatic carbocycles. The summed E-state index contributed by atoms with van der Waals surface area (Å²) in [7, 11) is 0. The van der Waals surface area contributed by atoms with Crippen molar-refractivity contribution < 1.29 is 19.1 Å². The van der Waals surface area contributed by atoms with Gasteiger partial charge in [-0.15, -0.1) is 0 Å². The van der Waals surface area contributed by atoms with E-state index in [9.17, 15) is 9.59 Å². The highest BCUT2D eigenvalue weighted by atomic mass is 16.6. The van der Waals surface area contributed by atoms with Crippen molar-refractivity contribution in [3.63, 3.8) is 0 Å². The normalized spacial score (nSPS) is 11.6. The summed E-state index contributed by atoms with van der Waals surface area (Å²) in [4.78, 5) is 25.1. The first-order valence-electron chi connectivity index (χ1n) is 8.58. The molecular formula is C19H26N4O4. The van der Waals surface area contributed by atoms with E-state index in [0.717, 1.165) is 5.01 Å². The second kappa shape index (κ2) is 7.69. The Balaban J connectivity index is 2.41. The first-order valence-corrected chi connectivity index (χ1v) is 8.58. The number of rotatable bonds is 2. The van der Waals surface area contributed by atoms with Gasteiger partial charge in [-0.1, -0.05) is 12.1 Å². The van der Waals surface area contributed by atoms with Crippen LogP contribution in [0.25, 0.3) is 5.69 Å². The van der Waals surface area contributed by atoms with Crippen molar-refractivity contribution in [2.24, 2.45) is 0 Å². The van der Waals surface area contributed by atoms with Gasteiger partial charge in [-0.2, -0.15) is 10.1 Å². The Morgan fingerprint density at radius 3 is 2.19 bits per heavy atom. The van der Waals surface area contributed by atoms with Crippen molar-refractivity contribution in [3.8, 4) is 5.69 Å². The van der Waals surface area contributed by atoms with Crippen LogP contribution in [0.15, 0.2) is 42.7 Å². The molecule has 0 aliphatic rings. The van der Waals surface area contributed by atoms with Gasteiger partial charge >= 0.3 is 12.2 Å². The van der Waals surface area contributed by atoms with E-state index < -0.39 is 23.4 Å². The molecule has 146 valence electrons. The summed E-state index contributed by atoms with van der Waals surface area (Å²) >= 11 is 0. The van der Waals surface area contributed by atoms with E-state index in [4.69, 9.17) is 9.47 Å². The van der Waals surface area contributed by atoms with Gasteiger partial charge in [0, 0.05) is 12.4 Å². The second-order valence-electron chi connectivity index (χ2n) is 7.87. The predicted octanol–water partition coefficient (Wildman–Crippen LogP) is 4.05. The van der Waals surface area contributed by atoms with Crippen LogP contribution in [0.2, 0.25) is 0 Å². The summed E-state index contributed by atoms with van der Waals surface area (Å²) in [6.07, 6.45) is 1.84. The van der Waals surface area contributed by atoms with Gasteiger partial charge in [-0.3, -0.25) is 0 Å². The van der Waals surface area contributed by atoms with E-state index in [1.807, 2.05) is 0 Å². The van der Waals surface area contributed by atoms with Crippen molar-refractivity contribution in [1.82, 2.24) is 15.2 Å². The zero-order chi connectivity index (χ0) is 20.2. The Bertz CT molecular complexity index is 789. The van der Waals surface area contributed by atoms with E-state index in [1.165, 1.54) is 0 Å². The third-order valence-corrected chi connectivity index (χ3v) is 3.05. The van der Waals surface area contributed by atoms with Crippen molar-refractivity contribution in [1.29, 1.82) is 0 Å². The molecule has 8 nitrogen and oxygen atoms in total. The molecule has 0 spiro atoms. The van der Waals surface area contributed by atoms with Crippen LogP contribution >= 0.6 is 0 Å². The van der Waals surface area contributed by atoms with E-state index in [2.05, 4.69) is 10.5 Å². The lowest BCUT2D eigenvalue weighted by Crippen LogP contribution is -2.50. The van der Waals surface area contributed by atoms with Crippen LogP contribution in [0.1, 0.15) is 41.5 Å². The first-order chi connectivity index (χ1) is 12.5. The average molecular weight is 374 g/mol. The van der Waals surface area contributed by atoms with Crippen LogP contribution in [-0.2, 0) is 9.47 Å². The van der Waals surface area contributed by atoms with E-state index in [0.29, 0.717) is 11.4 Å². The van der Waals surface area contributed by atoms with Gasteiger partial charge in [-0.25, -0.2) is 19.7 Å². The molecule has 1 heterocycles. The van der Waals surface area contributed by atoms with Crippen molar-refractivity contribution in [2.75, 3.05) is 5.01 Å². The summed E-state index contributed by atoms with van der Waals surface area (Å²) < 4.78 is 12.3.